The highest BCUT2D eigenvalue weighted by Crippen LogP contribution is 2.25. The van der Waals surface area contributed by atoms with Gasteiger partial charge in [0.2, 0.25) is 5.91 Å². The highest BCUT2D eigenvalue weighted by molar-refractivity contribution is 5.93. The van der Waals surface area contributed by atoms with Gasteiger partial charge in [0.15, 0.2) is 11.5 Å². The van der Waals surface area contributed by atoms with Crippen molar-refractivity contribution in [1.82, 2.24) is 15.0 Å². The minimum atomic E-state index is -0.157. The smallest absolute Gasteiger partial charge is 0.276 e. The van der Waals surface area contributed by atoms with E-state index in [2.05, 4.69) is 12.1 Å². The zero-order valence-electron chi connectivity index (χ0n) is 16.3. The van der Waals surface area contributed by atoms with Crippen LogP contribution >= 0.6 is 0 Å². The summed E-state index contributed by atoms with van der Waals surface area (Å²) in [4.78, 5) is 29.6. The molecule has 2 aliphatic rings. The second-order valence-corrected chi connectivity index (χ2v) is 8.04. The molecule has 0 spiro atoms. The first-order valence-corrected chi connectivity index (χ1v) is 10.2. The molecule has 6 heteroatoms. The Morgan fingerprint density at radius 1 is 1.04 bits per heavy atom. The SMILES string of the molecule is CC1CCN(C(=O)[C@H]2CCCN(C(=O)c3cc(-c4ccccc4)on3)C2)CC1. The summed E-state index contributed by atoms with van der Waals surface area (Å²) in [5.41, 5.74) is 1.19. The number of carbonyl (C=O) groups excluding carboxylic acids is 2. The van der Waals surface area contributed by atoms with E-state index in [0.29, 0.717) is 30.5 Å². The van der Waals surface area contributed by atoms with E-state index in [-0.39, 0.29) is 17.7 Å². The Bertz CT molecular complexity index is 825. The van der Waals surface area contributed by atoms with Gasteiger partial charge in [0.05, 0.1) is 5.92 Å². The Morgan fingerprint density at radius 3 is 2.54 bits per heavy atom. The van der Waals surface area contributed by atoms with Crippen molar-refractivity contribution >= 4 is 11.8 Å². The molecule has 1 atom stereocenters. The largest absolute Gasteiger partial charge is 0.355 e. The molecular weight excluding hydrogens is 354 g/mol. The number of hydrogen-bond acceptors (Lipinski definition) is 4. The monoisotopic (exact) mass is 381 g/mol. The molecule has 0 aliphatic carbocycles. The van der Waals surface area contributed by atoms with E-state index in [1.54, 1.807) is 11.0 Å². The molecule has 2 aliphatic heterocycles. The molecule has 6 nitrogen and oxygen atoms in total. The fourth-order valence-electron chi connectivity index (χ4n) is 4.13. The van der Waals surface area contributed by atoms with Crippen molar-refractivity contribution in [3.8, 4) is 11.3 Å². The number of carbonyl (C=O) groups is 2. The predicted molar refractivity (Wildman–Crippen MR) is 106 cm³/mol. The number of likely N-dealkylation sites (tertiary alicyclic amines) is 2. The summed E-state index contributed by atoms with van der Waals surface area (Å²) in [6, 6.07) is 11.3. The van der Waals surface area contributed by atoms with Crippen LogP contribution in [0.25, 0.3) is 11.3 Å². The zero-order valence-corrected chi connectivity index (χ0v) is 16.3. The number of nitrogens with zero attached hydrogens (tertiary/aromatic N) is 3. The molecule has 2 fully saturated rings. The predicted octanol–water partition coefficient (Wildman–Crippen LogP) is 3.45. The number of rotatable bonds is 3. The molecule has 148 valence electrons. The maximum absolute atomic E-state index is 12.9. The first kappa shape index (κ1) is 18.7. The Labute approximate surface area is 165 Å². The van der Waals surface area contributed by atoms with Crippen molar-refractivity contribution in [2.75, 3.05) is 26.2 Å². The van der Waals surface area contributed by atoms with E-state index in [1.807, 2.05) is 35.2 Å². The Kier molecular flexibility index (Phi) is 5.46. The third-order valence-corrected chi connectivity index (χ3v) is 5.94. The van der Waals surface area contributed by atoms with Crippen LogP contribution in [0.1, 0.15) is 43.1 Å². The van der Waals surface area contributed by atoms with Gasteiger partial charge in [-0.25, -0.2) is 0 Å². The van der Waals surface area contributed by atoms with Crippen molar-refractivity contribution in [1.29, 1.82) is 0 Å². The lowest BCUT2D eigenvalue weighted by Gasteiger charge is -2.37. The second-order valence-electron chi connectivity index (χ2n) is 8.04. The summed E-state index contributed by atoms with van der Waals surface area (Å²) < 4.78 is 5.37. The zero-order chi connectivity index (χ0) is 19.5. The minimum Gasteiger partial charge on any atom is -0.355 e. The van der Waals surface area contributed by atoms with Crippen LogP contribution in [0.3, 0.4) is 0 Å². The summed E-state index contributed by atoms with van der Waals surface area (Å²) in [5, 5.41) is 3.97. The van der Waals surface area contributed by atoms with Crippen LogP contribution < -0.4 is 0 Å². The maximum atomic E-state index is 12.9. The van der Waals surface area contributed by atoms with Crippen molar-refractivity contribution in [3.05, 3.63) is 42.1 Å². The van der Waals surface area contributed by atoms with Gasteiger partial charge in [-0.05, 0) is 31.6 Å². The topological polar surface area (TPSA) is 66.7 Å². The Hall–Kier alpha value is -2.63. The van der Waals surface area contributed by atoms with Crippen LogP contribution in [0.4, 0.5) is 0 Å². The number of aromatic nitrogens is 1. The first-order valence-electron chi connectivity index (χ1n) is 10.2. The first-order chi connectivity index (χ1) is 13.6. The molecule has 1 aromatic heterocycles. The summed E-state index contributed by atoms with van der Waals surface area (Å²) in [7, 11) is 0. The molecule has 4 rings (SSSR count). The molecule has 2 aromatic rings. The normalized spacial score (nSPS) is 21.0. The Morgan fingerprint density at radius 2 is 1.79 bits per heavy atom. The summed E-state index contributed by atoms with van der Waals surface area (Å²) in [6.07, 6.45) is 3.84. The van der Waals surface area contributed by atoms with E-state index >= 15 is 0 Å². The number of hydrogen-bond donors (Lipinski definition) is 0. The lowest BCUT2D eigenvalue weighted by molar-refractivity contribution is -0.138. The van der Waals surface area contributed by atoms with E-state index < -0.39 is 0 Å². The number of piperidine rings is 2. The average Bonchev–Trinajstić information content (AvgIpc) is 3.24. The molecule has 0 bridgehead atoms. The Balaban J connectivity index is 1.41. The van der Waals surface area contributed by atoms with Gasteiger partial charge in [0.25, 0.3) is 5.91 Å². The third kappa shape index (κ3) is 3.96. The fraction of sp³-hybridized carbons (Fsp3) is 0.500. The fourth-order valence-corrected chi connectivity index (χ4v) is 4.13. The van der Waals surface area contributed by atoms with Crippen molar-refractivity contribution in [2.45, 2.75) is 32.6 Å². The van der Waals surface area contributed by atoms with Gasteiger partial charge in [0.1, 0.15) is 0 Å². The molecular formula is C22H27N3O3. The molecule has 0 radical (unpaired) electrons. The number of benzene rings is 1. The van der Waals surface area contributed by atoms with Gasteiger partial charge in [0, 0.05) is 37.8 Å². The molecule has 1 aromatic carbocycles. The second kappa shape index (κ2) is 8.17. The molecule has 3 heterocycles. The van der Waals surface area contributed by atoms with E-state index in [1.165, 1.54) is 0 Å². The number of amides is 2. The molecule has 0 unspecified atom stereocenters. The van der Waals surface area contributed by atoms with Gasteiger partial charge in [-0.2, -0.15) is 0 Å². The van der Waals surface area contributed by atoms with Crippen molar-refractivity contribution in [3.63, 3.8) is 0 Å². The average molecular weight is 381 g/mol. The van der Waals surface area contributed by atoms with Gasteiger partial charge in [-0.15, -0.1) is 0 Å². The molecule has 0 N–H and O–H groups in total. The van der Waals surface area contributed by atoms with Gasteiger partial charge < -0.3 is 14.3 Å². The maximum Gasteiger partial charge on any atom is 0.276 e. The summed E-state index contributed by atoms with van der Waals surface area (Å²) >= 11 is 0. The molecule has 28 heavy (non-hydrogen) atoms. The van der Waals surface area contributed by atoms with Gasteiger partial charge >= 0.3 is 0 Å². The van der Waals surface area contributed by atoms with Crippen LogP contribution in [0.5, 0.6) is 0 Å². The standard InChI is InChI=1S/C22H27N3O3/c1-16-9-12-24(13-10-16)21(26)18-8-5-11-25(15-18)22(27)19-14-20(28-23-19)17-6-3-2-4-7-17/h2-4,6-7,14,16,18H,5,8-13,15H2,1H3/t18-/m0/s1. The van der Waals surface area contributed by atoms with E-state index in [9.17, 15) is 9.59 Å². The molecule has 2 amide bonds. The van der Waals surface area contributed by atoms with Crippen molar-refractivity contribution < 1.29 is 14.1 Å². The summed E-state index contributed by atoms with van der Waals surface area (Å²) in [6.45, 7) is 5.05. The molecule has 0 saturated carbocycles. The highest BCUT2D eigenvalue weighted by atomic mass is 16.5. The lowest BCUT2D eigenvalue weighted by Crippen LogP contribution is -2.48. The van der Waals surface area contributed by atoms with Crippen molar-refractivity contribution in [2.24, 2.45) is 11.8 Å². The van der Waals surface area contributed by atoms with Crippen LogP contribution in [0.15, 0.2) is 40.9 Å². The lowest BCUT2D eigenvalue weighted by atomic mass is 9.93. The van der Waals surface area contributed by atoms with Crippen LogP contribution in [-0.2, 0) is 4.79 Å². The van der Waals surface area contributed by atoms with E-state index in [4.69, 9.17) is 4.52 Å². The van der Waals surface area contributed by atoms with Gasteiger partial charge in [-0.3, -0.25) is 9.59 Å². The van der Waals surface area contributed by atoms with E-state index in [0.717, 1.165) is 44.3 Å². The molecule has 2 saturated heterocycles. The summed E-state index contributed by atoms with van der Waals surface area (Å²) in [5.74, 6) is 1.22. The van der Waals surface area contributed by atoms with Crippen LogP contribution in [-0.4, -0.2) is 52.9 Å². The third-order valence-electron chi connectivity index (χ3n) is 5.94. The highest BCUT2D eigenvalue weighted by Gasteiger charge is 2.33. The quantitative estimate of drug-likeness (QED) is 0.817. The van der Waals surface area contributed by atoms with Crippen LogP contribution in [0.2, 0.25) is 0 Å². The van der Waals surface area contributed by atoms with Crippen LogP contribution in [0, 0.1) is 11.8 Å². The minimum absolute atomic E-state index is 0.105. The van der Waals surface area contributed by atoms with Gasteiger partial charge in [-0.1, -0.05) is 42.4 Å².